The molecule has 6 nitrogen and oxygen atoms in total. The van der Waals surface area contributed by atoms with Crippen molar-refractivity contribution in [1.82, 2.24) is 9.62 Å². The van der Waals surface area contributed by atoms with Gasteiger partial charge in [-0.15, -0.1) is 4.40 Å². The van der Waals surface area contributed by atoms with Crippen LogP contribution >= 0.6 is 0 Å². The average Bonchev–Trinajstić information content (AvgIpc) is 2.84. The third-order valence-corrected chi connectivity index (χ3v) is 4.33. The first-order valence-corrected chi connectivity index (χ1v) is 7.82. The molecular formula is C12H13F2N3O3S. The van der Waals surface area contributed by atoms with Crippen molar-refractivity contribution in [2.75, 3.05) is 6.54 Å². The molecule has 0 spiro atoms. The van der Waals surface area contributed by atoms with Crippen LogP contribution in [0.3, 0.4) is 0 Å². The first-order valence-electron chi connectivity index (χ1n) is 6.38. The molecule has 0 unspecified atom stereocenters. The van der Waals surface area contributed by atoms with Crippen molar-refractivity contribution in [2.45, 2.75) is 25.6 Å². The summed E-state index contributed by atoms with van der Waals surface area (Å²) in [7, 11) is -3.83. The average molecular weight is 317 g/mol. The van der Waals surface area contributed by atoms with Crippen molar-refractivity contribution in [3.05, 3.63) is 29.8 Å². The van der Waals surface area contributed by atoms with E-state index in [0.717, 1.165) is 6.42 Å². The van der Waals surface area contributed by atoms with Gasteiger partial charge in [-0.25, -0.2) is 0 Å². The van der Waals surface area contributed by atoms with Crippen LogP contribution in [0.4, 0.5) is 8.78 Å². The van der Waals surface area contributed by atoms with Crippen LogP contribution in [0.2, 0.25) is 0 Å². The number of hydrogen-bond donors (Lipinski definition) is 1. The lowest BCUT2D eigenvalue weighted by molar-refractivity contribution is -0.0510. The van der Waals surface area contributed by atoms with Gasteiger partial charge in [-0.2, -0.15) is 21.9 Å². The number of benzene rings is 1. The van der Waals surface area contributed by atoms with Crippen LogP contribution in [0.1, 0.15) is 24.6 Å². The Bertz CT molecular complexity index is 678. The van der Waals surface area contributed by atoms with Crippen LogP contribution in [0.5, 0.6) is 5.75 Å². The molecule has 1 N–H and O–H groups in total. The SMILES string of the molecule is O=S1(=O)N=C2CCCN2[C@H](c2ccccc2OC(F)F)N1. The molecule has 1 fully saturated rings. The van der Waals surface area contributed by atoms with Crippen LogP contribution in [-0.2, 0) is 10.2 Å². The summed E-state index contributed by atoms with van der Waals surface area (Å²) in [5.74, 6) is 0.402. The van der Waals surface area contributed by atoms with Gasteiger partial charge < -0.3 is 9.64 Å². The number of alkyl halides is 2. The summed E-state index contributed by atoms with van der Waals surface area (Å²) in [6.07, 6.45) is 0.541. The molecule has 9 heteroatoms. The maximum Gasteiger partial charge on any atom is 0.387 e. The Kier molecular flexibility index (Phi) is 3.54. The predicted molar refractivity (Wildman–Crippen MR) is 71.2 cm³/mol. The highest BCUT2D eigenvalue weighted by Crippen LogP contribution is 2.34. The number of hydrogen-bond acceptors (Lipinski definition) is 4. The number of fused-ring (bicyclic) bond motifs is 1. The van der Waals surface area contributed by atoms with Crippen LogP contribution in [0, 0.1) is 0 Å². The van der Waals surface area contributed by atoms with E-state index >= 15 is 0 Å². The quantitative estimate of drug-likeness (QED) is 0.920. The summed E-state index contributed by atoms with van der Waals surface area (Å²) in [6, 6.07) is 6.14. The lowest BCUT2D eigenvalue weighted by Crippen LogP contribution is -2.46. The van der Waals surface area contributed by atoms with Gasteiger partial charge in [0, 0.05) is 18.5 Å². The van der Waals surface area contributed by atoms with Crippen LogP contribution in [0.25, 0.3) is 0 Å². The largest absolute Gasteiger partial charge is 0.434 e. The summed E-state index contributed by atoms with van der Waals surface area (Å²) in [5.41, 5.74) is 0.343. The molecule has 1 aromatic carbocycles. The van der Waals surface area contributed by atoms with E-state index in [4.69, 9.17) is 0 Å². The number of amidine groups is 1. The zero-order valence-corrected chi connectivity index (χ0v) is 11.7. The van der Waals surface area contributed by atoms with Gasteiger partial charge in [-0.3, -0.25) is 0 Å². The van der Waals surface area contributed by atoms with Gasteiger partial charge in [0.15, 0.2) is 0 Å². The Labute approximate surface area is 120 Å². The number of ether oxygens (including phenoxy) is 1. The minimum Gasteiger partial charge on any atom is -0.434 e. The molecule has 21 heavy (non-hydrogen) atoms. The lowest BCUT2D eigenvalue weighted by atomic mass is 10.1. The molecule has 1 atom stereocenters. The molecule has 0 saturated carbocycles. The van der Waals surface area contributed by atoms with Gasteiger partial charge in [0.2, 0.25) is 0 Å². The summed E-state index contributed by atoms with van der Waals surface area (Å²) < 4.78 is 59.1. The monoisotopic (exact) mass is 317 g/mol. The number of rotatable bonds is 3. The Morgan fingerprint density at radius 2 is 2.14 bits per heavy atom. The number of para-hydroxylation sites is 1. The van der Waals surface area contributed by atoms with Crippen LogP contribution in [0.15, 0.2) is 28.7 Å². The second kappa shape index (κ2) is 5.23. The Morgan fingerprint density at radius 1 is 1.38 bits per heavy atom. The minimum atomic E-state index is -3.83. The maximum absolute atomic E-state index is 12.5. The standard InChI is InChI=1S/C12H13F2N3O3S/c13-12(14)20-9-5-2-1-4-8(9)11-16-21(18,19)15-10-6-3-7-17(10)11/h1-2,4-5,11-12,16H,3,6-7H2/t11-/m1/s1. The van der Waals surface area contributed by atoms with Gasteiger partial charge in [-0.05, 0) is 12.5 Å². The second-order valence-electron chi connectivity index (χ2n) is 4.72. The maximum atomic E-state index is 12.5. The number of nitrogens with one attached hydrogen (secondary N) is 1. The van der Waals surface area contributed by atoms with Crippen LogP contribution < -0.4 is 9.46 Å². The molecule has 114 valence electrons. The zero-order valence-electron chi connectivity index (χ0n) is 10.9. The van der Waals surface area contributed by atoms with Crippen molar-refractivity contribution in [3.8, 4) is 5.75 Å². The highest BCUT2D eigenvalue weighted by Gasteiger charge is 2.37. The normalized spacial score (nSPS) is 23.9. The molecular weight excluding hydrogens is 304 g/mol. The number of halogens is 2. The molecule has 0 aromatic heterocycles. The predicted octanol–water partition coefficient (Wildman–Crippen LogP) is 1.63. The highest BCUT2D eigenvalue weighted by molar-refractivity contribution is 7.88. The fourth-order valence-electron chi connectivity index (χ4n) is 2.57. The van der Waals surface area contributed by atoms with Gasteiger partial charge in [0.1, 0.15) is 17.8 Å². The van der Waals surface area contributed by atoms with E-state index in [1.54, 1.807) is 23.1 Å². The fourth-order valence-corrected chi connectivity index (χ4v) is 3.63. The summed E-state index contributed by atoms with van der Waals surface area (Å²) in [4.78, 5) is 1.76. The van der Waals surface area contributed by atoms with Gasteiger partial charge in [0.25, 0.3) is 0 Å². The topological polar surface area (TPSA) is 71.0 Å². The van der Waals surface area contributed by atoms with Gasteiger partial charge in [0.05, 0.1) is 0 Å². The van der Waals surface area contributed by atoms with Crippen molar-refractivity contribution in [3.63, 3.8) is 0 Å². The summed E-state index contributed by atoms with van der Waals surface area (Å²) in [5, 5.41) is 0. The first-order chi connectivity index (χ1) is 9.96. The second-order valence-corrected chi connectivity index (χ2v) is 6.08. The molecule has 0 amide bonds. The zero-order chi connectivity index (χ0) is 15.0. The smallest absolute Gasteiger partial charge is 0.387 e. The van der Waals surface area contributed by atoms with Crippen molar-refractivity contribution in [2.24, 2.45) is 4.40 Å². The molecule has 3 rings (SSSR count). The lowest BCUT2D eigenvalue weighted by Gasteiger charge is -2.33. The molecule has 0 bridgehead atoms. The number of nitrogens with zero attached hydrogens (tertiary/aromatic N) is 2. The molecule has 0 aliphatic carbocycles. The van der Waals surface area contributed by atoms with Crippen LogP contribution in [-0.4, -0.2) is 32.3 Å². The van der Waals surface area contributed by atoms with E-state index in [9.17, 15) is 17.2 Å². The van der Waals surface area contributed by atoms with Gasteiger partial charge in [-0.1, -0.05) is 18.2 Å². The highest BCUT2D eigenvalue weighted by atomic mass is 32.2. The molecule has 0 radical (unpaired) electrons. The molecule has 2 aliphatic rings. The van der Waals surface area contributed by atoms with E-state index in [0.29, 0.717) is 24.4 Å². The van der Waals surface area contributed by atoms with E-state index in [-0.39, 0.29) is 5.75 Å². The third-order valence-electron chi connectivity index (χ3n) is 3.36. The molecule has 1 aromatic rings. The minimum absolute atomic E-state index is 0.0478. The van der Waals surface area contributed by atoms with Crippen molar-refractivity contribution >= 4 is 16.0 Å². The molecule has 2 aliphatic heterocycles. The Morgan fingerprint density at radius 3 is 2.90 bits per heavy atom. The molecule has 2 heterocycles. The van der Waals surface area contributed by atoms with E-state index in [1.807, 2.05) is 0 Å². The van der Waals surface area contributed by atoms with E-state index < -0.39 is 23.0 Å². The van der Waals surface area contributed by atoms with Crippen molar-refractivity contribution in [1.29, 1.82) is 0 Å². The van der Waals surface area contributed by atoms with Gasteiger partial charge >= 0.3 is 16.8 Å². The summed E-state index contributed by atoms with van der Waals surface area (Å²) in [6.45, 7) is -2.37. The Hall–Kier alpha value is -1.74. The van der Waals surface area contributed by atoms with Crippen molar-refractivity contribution < 1.29 is 21.9 Å². The summed E-state index contributed by atoms with van der Waals surface area (Å²) >= 11 is 0. The van der Waals surface area contributed by atoms with E-state index in [1.165, 1.54) is 6.07 Å². The Balaban J connectivity index is 2.02. The third kappa shape index (κ3) is 2.84. The molecule has 1 saturated heterocycles. The fraction of sp³-hybridized carbons (Fsp3) is 0.417. The first kappa shape index (κ1) is 14.2. The van der Waals surface area contributed by atoms with E-state index in [2.05, 4.69) is 13.9 Å².